The minimum Gasteiger partial charge on any atom is -0.465 e. The topological polar surface area (TPSA) is 103 Å². The first-order valence-electron chi connectivity index (χ1n) is 8.94. The molecule has 0 spiro atoms. The lowest BCUT2D eigenvalue weighted by Gasteiger charge is -2.29. The molecule has 1 aromatic carbocycles. The number of rotatable bonds is 4. The van der Waals surface area contributed by atoms with Crippen molar-refractivity contribution in [1.82, 2.24) is 19.5 Å². The van der Waals surface area contributed by atoms with E-state index >= 15 is 0 Å². The van der Waals surface area contributed by atoms with Gasteiger partial charge in [0.25, 0.3) is 5.95 Å². The summed E-state index contributed by atoms with van der Waals surface area (Å²) in [6, 6.07) is 13.8. The average molecular weight is 367 g/mol. The third-order valence-electron chi connectivity index (χ3n) is 4.79. The Hall–Kier alpha value is -2.97. The molecule has 8 nitrogen and oxygen atoms in total. The van der Waals surface area contributed by atoms with Crippen molar-refractivity contribution in [3.05, 3.63) is 48.0 Å². The van der Waals surface area contributed by atoms with Gasteiger partial charge >= 0.3 is 6.09 Å². The molecule has 1 aliphatic rings. The summed E-state index contributed by atoms with van der Waals surface area (Å²) in [6.45, 7) is 2.70. The van der Waals surface area contributed by atoms with Crippen LogP contribution in [0, 0.1) is 0 Å². The Morgan fingerprint density at radius 1 is 1.15 bits per heavy atom. The van der Waals surface area contributed by atoms with E-state index in [0.29, 0.717) is 5.65 Å². The Labute approximate surface area is 156 Å². The van der Waals surface area contributed by atoms with Gasteiger partial charge in [-0.3, -0.25) is 10.2 Å². The molecule has 1 saturated heterocycles. The average Bonchev–Trinajstić information content (AvgIpc) is 3.06. The van der Waals surface area contributed by atoms with E-state index in [1.165, 1.54) is 5.56 Å². The molecule has 4 rings (SSSR count). The summed E-state index contributed by atoms with van der Waals surface area (Å²) in [4.78, 5) is 17.3. The van der Waals surface area contributed by atoms with E-state index in [2.05, 4.69) is 32.4 Å². The summed E-state index contributed by atoms with van der Waals surface area (Å²) in [5.74, 6) is 0.0545. The third kappa shape index (κ3) is 3.91. The maximum atomic E-state index is 10.8. The molecule has 3 N–H and O–H groups in total. The highest BCUT2D eigenvalue weighted by Crippen LogP contribution is 2.22. The number of pyridine rings is 1. The normalized spacial score (nSPS) is 15.9. The molecule has 1 aliphatic heterocycles. The number of anilines is 1. The molecule has 140 valence electrons. The number of aliphatic hydroxyl groups excluding tert-OH is 1. The molecule has 27 heavy (non-hydrogen) atoms. The van der Waals surface area contributed by atoms with Gasteiger partial charge in [0, 0.05) is 25.2 Å². The number of aliphatic hydroxyl groups is 1. The van der Waals surface area contributed by atoms with Crippen LogP contribution in [-0.4, -0.2) is 55.0 Å². The molecule has 2 aromatic heterocycles. The van der Waals surface area contributed by atoms with Crippen molar-refractivity contribution < 1.29 is 15.0 Å². The lowest BCUT2D eigenvalue weighted by molar-refractivity contribution is 0.0792. The molecule has 3 aromatic rings. The summed E-state index contributed by atoms with van der Waals surface area (Å²) in [5, 5.41) is 24.9. The molecule has 3 heterocycles. The highest BCUT2D eigenvalue weighted by atomic mass is 16.4. The smallest absolute Gasteiger partial charge is 0.411 e. The summed E-state index contributed by atoms with van der Waals surface area (Å²) < 4.78 is 1.63. The molecule has 8 heteroatoms. The summed E-state index contributed by atoms with van der Waals surface area (Å²) in [7, 11) is 0. The van der Waals surface area contributed by atoms with Gasteiger partial charge in [0.1, 0.15) is 0 Å². The molecule has 0 saturated carbocycles. The summed E-state index contributed by atoms with van der Waals surface area (Å²) in [5.41, 5.74) is 3.61. The van der Waals surface area contributed by atoms with Gasteiger partial charge in [0.05, 0.1) is 11.8 Å². The number of nitrogens with zero attached hydrogens (tertiary/aromatic N) is 4. The Morgan fingerprint density at radius 2 is 1.89 bits per heavy atom. The predicted molar refractivity (Wildman–Crippen MR) is 101 cm³/mol. The van der Waals surface area contributed by atoms with Gasteiger partial charge in [-0.25, -0.2) is 9.31 Å². The molecule has 0 atom stereocenters. The first-order valence-corrected chi connectivity index (χ1v) is 8.94. The maximum absolute atomic E-state index is 10.8. The first-order chi connectivity index (χ1) is 13.1. The fourth-order valence-electron chi connectivity index (χ4n) is 3.39. The van der Waals surface area contributed by atoms with Gasteiger partial charge in [0.15, 0.2) is 5.65 Å². The van der Waals surface area contributed by atoms with E-state index in [1.54, 1.807) is 10.6 Å². The Kier molecular flexibility index (Phi) is 4.74. The zero-order valence-electron chi connectivity index (χ0n) is 14.7. The molecule has 0 aliphatic carbocycles. The SMILES string of the molecule is O=C(O)Nc1nc2cccc(-c3ccc(CN4CCC(O)CC4)cc3)n2n1. The molecule has 1 fully saturated rings. The number of aromatic nitrogens is 3. The van der Waals surface area contributed by atoms with Crippen molar-refractivity contribution in [1.29, 1.82) is 0 Å². The highest BCUT2D eigenvalue weighted by Gasteiger charge is 2.17. The van der Waals surface area contributed by atoms with Crippen molar-refractivity contribution in [3.63, 3.8) is 0 Å². The van der Waals surface area contributed by atoms with Crippen LogP contribution in [0.15, 0.2) is 42.5 Å². The van der Waals surface area contributed by atoms with Gasteiger partial charge < -0.3 is 10.2 Å². The van der Waals surface area contributed by atoms with Crippen LogP contribution in [-0.2, 0) is 6.54 Å². The van der Waals surface area contributed by atoms with Gasteiger partial charge in [-0.2, -0.15) is 4.98 Å². The second-order valence-corrected chi connectivity index (χ2v) is 6.75. The fraction of sp³-hybridized carbons (Fsp3) is 0.316. The largest absolute Gasteiger partial charge is 0.465 e. The molecular weight excluding hydrogens is 346 g/mol. The van der Waals surface area contributed by atoms with Crippen molar-refractivity contribution in [2.45, 2.75) is 25.5 Å². The van der Waals surface area contributed by atoms with E-state index in [1.807, 2.05) is 24.3 Å². The number of likely N-dealkylation sites (tertiary alicyclic amines) is 1. The van der Waals surface area contributed by atoms with Crippen LogP contribution in [0.4, 0.5) is 10.7 Å². The van der Waals surface area contributed by atoms with Crippen molar-refractivity contribution in [3.8, 4) is 11.3 Å². The van der Waals surface area contributed by atoms with Crippen molar-refractivity contribution in [2.75, 3.05) is 18.4 Å². The maximum Gasteiger partial charge on any atom is 0.411 e. The molecular formula is C19H21N5O3. The van der Waals surface area contributed by atoms with E-state index in [4.69, 9.17) is 5.11 Å². The second-order valence-electron chi connectivity index (χ2n) is 6.75. The van der Waals surface area contributed by atoms with Gasteiger partial charge in [0.2, 0.25) is 0 Å². The minimum atomic E-state index is -1.19. The highest BCUT2D eigenvalue weighted by molar-refractivity contribution is 5.80. The Balaban J connectivity index is 1.55. The number of fused-ring (bicyclic) bond motifs is 1. The molecule has 0 bridgehead atoms. The molecule has 0 unspecified atom stereocenters. The zero-order valence-corrected chi connectivity index (χ0v) is 14.7. The number of benzene rings is 1. The van der Waals surface area contributed by atoms with Crippen LogP contribution in [0.3, 0.4) is 0 Å². The molecule has 1 amide bonds. The van der Waals surface area contributed by atoms with Gasteiger partial charge in [-0.05, 0) is 30.5 Å². The zero-order chi connectivity index (χ0) is 18.8. The lowest BCUT2D eigenvalue weighted by Crippen LogP contribution is -2.35. The molecule has 0 radical (unpaired) electrons. The van der Waals surface area contributed by atoms with E-state index in [0.717, 1.165) is 43.7 Å². The number of hydrogen-bond acceptors (Lipinski definition) is 5. The standard InChI is InChI=1S/C19H21N5O3/c25-15-8-10-23(11-9-15)12-13-4-6-14(7-5-13)16-2-1-3-17-20-18(21-19(26)27)22-24(16)17/h1-7,15,25H,8-12H2,(H,21,22)(H,26,27). The fourth-order valence-corrected chi connectivity index (χ4v) is 3.39. The quantitative estimate of drug-likeness (QED) is 0.654. The number of hydrogen-bond donors (Lipinski definition) is 3. The first kappa shape index (κ1) is 17.4. The van der Waals surface area contributed by atoms with Crippen LogP contribution in [0.5, 0.6) is 0 Å². The van der Waals surface area contributed by atoms with Crippen LogP contribution < -0.4 is 5.32 Å². The summed E-state index contributed by atoms with van der Waals surface area (Å²) in [6.07, 6.45) is 0.312. The van der Waals surface area contributed by atoms with Crippen LogP contribution in [0.1, 0.15) is 18.4 Å². The lowest BCUT2D eigenvalue weighted by atomic mass is 10.1. The predicted octanol–water partition coefficient (Wildman–Crippen LogP) is 2.44. The Bertz CT molecular complexity index is 946. The number of amides is 1. The number of piperidine rings is 1. The summed E-state index contributed by atoms with van der Waals surface area (Å²) >= 11 is 0. The third-order valence-corrected chi connectivity index (χ3v) is 4.79. The number of carboxylic acid groups (broad SMARTS) is 1. The van der Waals surface area contributed by atoms with E-state index in [-0.39, 0.29) is 12.1 Å². The van der Waals surface area contributed by atoms with E-state index < -0.39 is 6.09 Å². The monoisotopic (exact) mass is 367 g/mol. The van der Waals surface area contributed by atoms with Crippen LogP contribution in [0.2, 0.25) is 0 Å². The van der Waals surface area contributed by atoms with Crippen LogP contribution in [0.25, 0.3) is 16.9 Å². The van der Waals surface area contributed by atoms with Crippen molar-refractivity contribution in [2.24, 2.45) is 0 Å². The minimum absolute atomic E-state index is 0.0545. The Morgan fingerprint density at radius 3 is 2.59 bits per heavy atom. The van der Waals surface area contributed by atoms with Crippen molar-refractivity contribution >= 4 is 17.7 Å². The van der Waals surface area contributed by atoms with E-state index in [9.17, 15) is 9.90 Å². The van der Waals surface area contributed by atoms with Crippen LogP contribution >= 0.6 is 0 Å². The number of nitrogens with one attached hydrogen (secondary N) is 1. The second kappa shape index (κ2) is 7.34. The number of carbonyl (C=O) groups is 1. The van der Waals surface area contributed by atoms with Gasteiger partial charge in [-0.15, -0.1) is 5.10 Å². The van der Waals surface area contributed by atoms with Gasteiger partial charge in [-0.1, -0.05) is 30.3 Å².